The fourth-order valence-corrected chi connectivity index (χ4v) is 2.17. The smallest absolute Gasteiger partial charge is 0.242 e. The van der Waals surface area contributed by atoms with Gasteiger partial charge >= 0.3 is 0 Å². The first-order valence-corrected chi connectivity index (χ1v) is 6.82. The largest absolute Gasteiger partial charge is 0.373 e. The Morgan fingerprint density at radius 1 is 1.33 bits per heavy atom. The number of nitrogens with zero attached hydrogens (tertiary/aromatic N) is 1. The van der Waals surface area contributed by atoms with Crippen LogP contribution < -0.4 is 15.4 Å². The molecule has 3 N–H and O–H groups in total. The highest BCUT2D eigenvalue weighted by atomic mass is 32.2. The molecular formula is C10H16N4O3S. The first-order valence-electron chi connectivity index (χ1n) is 5.33. The Hall–Kier alpha value is -1.67. The summed E-state index contributed by atoms with van der Waals surface area (Å²) in [5.74, 6) is 0.362. The molecule has 0 atom stereocenters. The van der Waals surface area contributed by atoms with Crippen LogP contribution in [0.5, 0.6) is 0 Å². The minimum atomic E-state index is -3.61. The van der Waals surface area contributed by atoms with Crippen LogP contribution in [-0.2, 0) is 14.8 Å². The minimum Gasteiger partial charge on any atom is -0.373 e. The van der Waals surface area contributed by atoms with E-state index in [0.717, 1.165) is 0 Å². The summed E-state index contributed by atoms with van der Waals surface area (Å²) in [5, 5.41) is 5.20. The molecule has 1 heterocycles. The molecule has 7 nitrogen and oxygen atoms in total. The van der Waals surface area contributed by atoms with Crippen molar-refractivity contribution in [2.45, 2.75) is 11.3 Å². The van der Waals surface area contributed by atoms with Crippen LogP contribution in [0.15, 0.2) is 23.2 Å². The lowest BCUT2D eigenvalue weighted by Gasteiger charge is -2.06. The van der Waals surface area contributed by atoms with Crippen molar-refractivity contribution in [2.75, 3.05) is 26.0 Å². The Morgan fingerprint density at radius 3 is 2.56 bits per heavy atom. The zero-order valence-electron chi connectivity index (χ0n) is 10.2. The standard InChI is InChI=1S/C10H16N4O3S/c1-11-9-4-3-8(7-13-9)18(16,17)14-6-5-10(15)12-2/h3-4,7,14H,5-6H2,1-2H3,(H,11,13)(H,12,15). The van der Waals surface area contributed by atoms with E-state index in [-0.39, 0.29) is 23.8 Å². The van der Waals surface area contributed by atoms with E-state index >= 15 is 0 Å². The van der Waals surface area contributed by atoms with Crippen LogP contribution in [0.3, 0.4) is 0 Å². The number of aromatic nitrogens is 1. The van der Waals surface area contributed by atoms with E-state index in [0.29, 0.717) is 5.82 Å². The Bertz CT molecular complexity index is 498. The molecule has 0 spiro atoms. The van der Waals surface area contributed by atoms with E-state index in [1.807, 2.05) is 0 Å². The second kappa shape index (κ2) is 6.31. The maximum Gasteiger partial charge on any atom is 0.242 e. The number of anilines is 1. The number of sulfonamides is 1. The Balaban J connectivity index is 2.65. The zero-order chi connectivity index (χ0) is 13.6. The van der Waals surface area contributed by atoms with E-state index in [2.05, 4.69) is 20.3 Å². The molecule has 0 radical (unpaired) electrons. The topological polar surface area (TPSA) is 100 Å². The molecule has 1 amide bonds. The van der Waals surface area contributed by atoms with Gasteiger partial charge in [-0.25, -0.2) is 18.1 Å². The van der Waals surface area contributed by atoms with Crippen molar-refractivity contribution in [3.63, 3.8) is 0 Å². The summed E-state index contributed by atoms with van der Waals surface area (Å²) in [4.78, 5) is 14.9. The summed E-state index contributed by atoms with van der Waals surface area (Å²) in [6.07, 6.45) is 1.35. The lowest BCUT2D eigenvalue weighted by Crippen LogP contribution is -2.29. The number of carbonyl (C=O) groups excluding carboxylic acids is 1. The molecule has 0 saturated heterocycles. The second-order valence-corrected chi connectivity index (χ2v) is 5.22. The van der Waals surface area contributed by atoms with Gasteiger partial charge in [0.15, 0.2) is 0 Å². The van der Waals surface area contributed by atoms with Crippen molar-refractivity contribution in [1.29, 1.82) is 0 Å². The Labute approximate surface area is 106 Å². The van der Waals surface area contributed by atoms with Gasteiger partial charge in [-0.2, -0.15) is 0 Å². The first-order chi connectivity index (χ1) is 8.49. The van der Waals surface area contributed by atoms with Gasteiger partial charge in [0, 0.05) is 33.3 Å². The van der Waals surface area contributed by atoms with E-state index < -0.39 is 10.0 Å². The monoisotopic (exact) mass is 272 g/mol. The fraction of sp³-hybridized carbons (Fsp3) is 0.400. The molecule has 1 rings (SSSR count). The summed E-state index contributed by atoms with van der Waals surface area (Å²) < 4.78 is 25.9. The van der Waals surface area contributed by atoms with Crippen molar-refractivity contribution in [3.8, 4) is 0 Å². The molecule has 0 aliphatic rings. The highest BCUT2D eigenvalue weighted by molar-refractivity contribution is 7.89. The highest BCUT2D eigenvalue weighted by Crippen LogP contribution is 2.09. The Kier molecular flexibility index (Phi) is 5.05. The number of pyridine rings is 1. The third-order valence-electron chi connectivity index (χ3n) is 2.23. The van der Waals surface area contributed by atoms with Crippen LogP contribution in [0, 0.1) is 0 Å². The molecule has 1 aromatic heterocycles. The highest BCUT2D eigenvalue weighted by Gasteiger charge is 2.14. The summed E-state index contributed by atoms with van der Waals surface area (Å²) in [6, 6.07) is 3.01. The van der Waals surface area contributed by atoms with Gasteiger partial charge in [0.25, 0.3) is 0 Å². The van der Waals surface area contributed by atoms with Crippen molar-refractivity contribution in [2.24, 2.45) is 0 Å². The van der Waals surface area contributed by atoms with Crippen molar-refractivity contribution >= 4 is 21.7 Å². The predicted molar refractivity (Wildman–Crippen MR) is 67.7 cm³/mol. The molecule has 0 aromatic carbocycles. The van der Waals surface area contributed by atoms with Crippen LogP contribution in [-0.4, -0.2) is 39.9 Å². The van der Waals surface area contributed by atoms with Gasteiger partial charge in [-0.15, -0.1) is 0 Å². The predicted octanol–water partition coefficient (Wildman–Crippen LogP) is -0.462. The van der Waals surface area contributed by atoms with Gasteiger partial charge in [0.2, 0.25) is 15.9 Å². The normalized spacial score (nSPS) is 11.0. The summed E-state index contributed by atoms with van der Waals surface area (Å²) in [5.41, 5.74) is 0. The SMILES string of the molecule is CNC(=O)CCNS(=O)(=O)c1ccc(NC)nc1. The van der Waals surface area contributed by atoms with Crippen molar-refractivity contribution in [3.05, 3.63) is 18.3 Å². The minimum absolute atomic E-state index is 0.0514. The second-order valence-electron chi connectivity index (χ2n) is 3.45. The molecule has 0 bridgehead atoms. The van der Waals surface area contributed by atoms with Gasteiger partial charge in [0.1, 0.15) is 10.7 Å². The molecule has 0 saturated carbocycles. The molecule has 100 valence electrons. The fourth-order valence-electron chi connectivity index (χ4n) is 1.19. The molecular weight excluding hydrogens is 256 g/mol. The van der Waals surface area contributed by atoms with Gasteiger partial charge in [0.05, 0.1) is 0 Å². The average Bonchev–Trinajstić information content (AvgIpc) is 2.38. The molecule has 1 aromatic rings. The van der Waals surface area contributed by atoms with Crippen molar-refractivity contribution < 1.29 is 13.2 Å². The van der Waals surface area contributed by atoms with E-state index in [4.69, 9.17) is 0 Å². The van der Waals surface area contributed by atoms with E-state index in [1.54, 1.807) is 13.1 Å². The number of carbonyl (C=O) groups is 1. The van der Waals surface area contributed by atoms with Gasteiger partial charge < -0.3 is 10.6 Å². The summed E-state index contributed by atoms with van der Waals surface area (Å²) in [7, 11) is -0.420. The zero-order valence-corrected chi connectivity index (χ0v) is 11.0. The molecule has 0 aliphatic carbocycles. The first kappa shape index (κ1) is 14.4. The van der Waals surface area contributed by atoms with Gasteiger partial charge in [-0.05, 0) is 12.1 Å². The molecule has 0 aliphatic heterocycles. The number of hydrogen-bond donors (Lipinski definition) is 3. The van der Waals surface area contributed by atoms with Crippen LogP contribution in [0.25, 0.3) is 0 Å². The van der Waals surface area contributed by atoms with E-state index in [9.17, 15) is 13.2 Å². The number of rotatable bonds is 6. The van der Waals surface area contributed by atoms with E-state index in [1.165, 1.54) is 19.3 Å². The molecule has 8 heteroatoms. The molecule has 18 heavy (non-hydrogen) atoms. The molecule has 0 fully saturated rings. The number of hydrogen-bond acceptors (Lipinski definition) is 5. The molecule has 0 unspecified atom stereocenters. The maximum absolute atomic E-state index is 11.8. The lowest BCUT2D eigenvalue weighted by molar-refractivity contribution is -0.120. The number of nitrogens with one attached hydrogen (secondary N) is 3. The van der Waals surface area contributed by atoms with Crippen LogP contribution >= 0.6 is 0 Å². The third kappa shape index (κ3) is 3.97. The quantitative estimate of drug-likeness (QED) is 0.650. The van der Waals surface area contributed by atoms with Gasteiger partial charge in [-0.1, -0.05) is 0 Å². The van der Waals surface area contributed by atoms with Crippen molar-refractivity contribution in [1.82, 2.24) is 15.0 Å². The van der Waals surface area contributed by atoms with Crippen LogP contribution in [0.1, 0.15) is 6.42 Å². The maximum atomic E-state index is 11.8. The van der Waals surface area contributed by atoms with Crippen LogP contribution in [0.4, 0.5) is 5.82 Å². The Morgan fingerprint density at radius 2 is 2.06 bits per heavy atom. The summed E-state index contributed by atoms with van der Waals surface area (Å²) in [6.45, 7) is 0.0514. The third-order valence-corrected chi connectivity index (χ3v) is 3.67. The summed E-state index contributed by atoms with van der Waals surface area (Å²) >= 11 is 0. The number of amides is 1. The lowest BCUT2D eigenvalue weighted by atomic mass is 10.4. The average molecular weight is 272 g/mol. The van der Waals surface area contributed by atoms with Crippen LogP contribution in [0.2, 0.25) is 0 Å². The van der Waals surface area contributed by atoms with Gasteiger partial charge in [-0.3, -0.25) is 4.79 Å².